The number of fused-ring (bicyclic) bond motifs is 1. The van der Waals surface area contributed by atoms with Crippen molar-refractivity contribution in [3.63, 3.8) is 0 Å². The molecule has 5 nitrogen and oxygen atoms in total. The highest BCUT2D eigenvalue weighted by Gasteiger charge is 2.44. The summed E-state index contributed by atoms with van der Waals surface area (Å²) >= 11 is 0. The molecule has 3 aromatic rings. The Bertz CT molecular complexity index is 1050. The van der Waals surface area contributed by atoms with Gasteiger partial charge in [-0.15, -0.1) is 0 Å². The molecule has 2 N–H and O–H groups in total. The third kappa shape index (κ3) is 4.37. The highest BCUT2D eigenvalue weighted by Crippen LogP contribution is 2.47. The molecule has 0 saturated heterocycles. The Morgan fingerprint density at radius 2 is 1.72 bits per heavy atom. The van der Waals surface area contributed by atoms with Crippen LogP contribution in [0.2, 0.25) is 0 Å². The van der Waals surface area contributed by atoms with Crippen LogP contribution >= 0.6 is 0 Å². The summed E-state index contributed by atoms with van der Waals surface area (Å²) < 4.78 is 18.7. The number of amides is 2. The molecule has 3 aromatic carbocycles. The summed E-state index contributed by atoms with van der Waals surface area (Å²) in [4.78, 5) is 24.5. The lowest BCUT2D eigenvalue weighted by Crippen LogP contribution is -2.47. The molecule has 29 heavy (non-hydrogen) atoms. The van der Waals surface area contributed by atoms with Gasteiger partial charge in [0.25, 0.3) is 5.91 Å². The molecule has 3 unspecified atom stereocenters. The number of hydrogen-bond donors (Lipinski definition) is 2. The molecule has 1 saturated carbocycles. The van der Waals surface area contributed by atoms with Crippen molar-refractivity contribution in [2.24, 2.45) is 5.92 Å². The van der Waals surface area contributed by atoms with Gasteiger partial charge in [0.15, 0.2) is 6.10 Å². The number of benzene rings is 3. The zero-order chi connectivity index (χ0) is 20.4. The maximum Gasteiger partial charge on any atom is 0.279 e. The Morgan fingerprint density at radius 3 is 2.48 bits per heavy atom. The number of rotatable bonds is 5. The van der Waals surface area contributed by atoms with E-state index in [-0.39, 0.29) is 23.6 Å². The van der Waals surface area contributed by atoms with Crippen LogP contribution in [0.25, 0.3) is 10.8 Å². The first-order chi connectivity index (χ1) is 14.0. The van der Waals surface area contributed by atoms with Gasteiger partial charge in [0.05, 0.1) is 0 Å². The molecule has 1 aliphatic rings. The van der Waals surface area contributed by atoms with E-state index in [1.54, 1.807) is 19.1 Å². The first kappa shape index (κ1) is 18.9. The molecule has 1 fully saturated rings. The summed E-state index contributed by atoms with van der Waals surface area (Å²) in [5, 5.41) is 2.11. The van der Waals surface area contributed by atoms with Crippen molar-refractivity contribution in [1.82, 2.24) is 10.9 Å². The molecule has 0 bridgehead atoms. The lowest BCUT2D eigenvalue weighted by molar-refractivity contribution is -0.133. The predicted molar refractivity (Wildman–Crippen MR) is 108 cm³/mol. The van der Waals surface area contributed by atoms with Gasteiger partial charge in [-0.05, 0) is 59.9 Å². The summed E-state index contributed by atoms with van der Waals surface area (Å²) in [5.74, 6) is -0.591. The van der Waals surface area contributed by atoms with Gasteiger partial charge < -0.3 is 4.74 Å². The van der Waals surface area contributed by atoms with E-state index >= 15 is 0 Å². The third-order valence-corrected chi connectivity index (χ3v) is 5.14. The van der Waals surface area contributed by atoms with Crippen molar-refractivity contribution in [3.8, 4) is 5.75 Å². The number of hydrogen-bond acceptors (Lipinski definition) is 3. The molecule has 148 valence electrons. The van der Waals surface area contributed by atoms with Crippen LogP contribution in [-0.2, 0) is 9.59 Å². The third-order valence-electron chi connectivity index (χ3n) is 5.14. The van der Waals surface area contributed by atoms with Gasteiger partial charge in [0.2, 0.25) is 5.91 Å². The minimum absolute atomic E-state index is 0.0544. The SMILES string of the molecule is CC(Oc1ccc2ccccc2c1)C(=O)NNC(=O)C1CC1c1ccc(F)cc1. The largest absolute Gasteiger partial charge is 0.481 e. The van der Waals surface area contributed by atoms with Crippen LogP contribution in [0, 0.1) is 11.7 Å². The van der Waals surface area contributed by atoms with Gasteiger partial charge in [0.1, 0.15) is 11.6 Å². The molecule has 6 heteroatoms. The maximum atomic E-state index is 13.0. The molecule has 0 aliphatic heterocycles. The first-order valence-corrected chi connectivity index (χ1v) is 9.52. The van der Waals surface area contributed by atoms with E-state index in [1.165, 1.54) is 12.1 Å². The van der Waals surface area contributed by atoms with Crippen LogP contribution in [0.4, 0.5) is 4.39 Å². The molecule has 1 aliphatic carbocycles. The number of ether oxygens (including phenoxy) is 1. The van der Waals surface area contributed by atoms with Crippen molar-refractivity contribution < 1.29 is 18.7 Å². The highest BCUT2D eigenvalue weighted by molar-refractivity contribution is 5.88. The normalized spacial score (nSPS) is 18.7. The van der Waals surface area contributed by atoms with E-state index in [2.05, 4.69) is 10.9 Å². The molecular formula is C23H21FN2O3. The summed E-state index contributed by atoms with van der Waals surface area (Å²) in [7, 11) is 0. The number of hydrazine groups is 1. The summed E-state index contributed by atoms with van der Waals surface area (Å²) in [5.41, 5.74) is 5.80. The molecule has 4 rings (SSSR count). The van der Waals surface area contributed by atoms with Gasteiger partial charge in [-0.3, -0.25) is 20.4 Å². The van der Waals surface area contributed by atoms with Crippen molar-refractivity contribution in [3.05, 3.63) is 78.1 Å². The Kier molecular flexibility index (Phi) is 5.16. The Labute approximate surface area is 167 Å². The standard InChI is InChI=1S/C23H21FN2O3/c1-14(29-19-11-8-15-4-2-3-5-17(15)12-19)22(27)25-26-23(28)21-13-20(21)16-6-9-18(24)10-7-16/h2-12,14,20-21H,13H2,1H3,(H,25,27)(H,26,28). The van der Waals surface area contributed by atoms with Gasteiger partial charge in [-0.2, -0.15) is 0 Å². The Balaban J connectivity index is 1.27. The van der Waals surface area contributed by atoms with Crippen LogP contribution in [0.5, 0.6) is 5.75 Å². The quantitative estimate of drug-likeness (QED) is 0.651. The molecule has 0 radical (unpaired) electrons. The zero-order valence-corrected chi connectivity index (χ0v) is 15.9. The minimum Gasteiger partial charge on any atom is -0.481 e. The fraction of sp³-hybridized carbons (Fsp3) is 0.217. The fourth-order valence-electron chi connectivity index (χ4n) is 3.38. The lowest BCUT2D eigenvalue weighted by Gasteiger charge is -2.15. The molecule has 2 amide bonds. The fourth-order valence-corrected chi connectivity index (χ4v) is 3.38. The summed E-state index contributed by atoms with van der Waals surface area (Å²) in [6.07, 6.45) is -0.0974. The molecule has 0 aromatic heterocycles. The van der Waals surface area contributed by atoms with E-state index in [4.69, 9.17) is 4.74 Å². The second kappa shape index (κ2) is 7.91. The van der Waals surface area contributed by atoms with E-state index in [0.29, 0.717) is 12.2 Å². The summed E-state index contributed by atoms with van der Waals surface area (Å²) in [6, 6.07) is 19.6. The number of nitrogens with one attached hydrogen (secondary N) is 2. The second-order valence-corrected chi connectivity index (χ2v) is 7.25. The van der Waals surface area contributed by atoms with Crippen LogP contribution in [0.15, 0.2) is 66.7 Å². The van der Waals surface area contributed by atoms with Gasteiger partial charge in [-0.25, -0.2) is 4.39 Å². The van der Waals surface area contributed by atoms with Crippen LogP contribution in [0.3, 0.4) is 0 Å². The van der Waals surface area contributed by atoms with Crippen molar-refractivity contribution in [2.45, 2.75) is 25.4 Å². The van der Waals surface area contributed by atoms with E-state index < -0.39 is 12.0 Å². The van der Waals surface area contributed by atoms with Gasteiger partial charge >= 0.3 is 0 Å². The van der Waals surface area contributed by atoms with E-state index in [9.17, 15) is 14.0 Å². The monoisotopic (exact) mass is 392 g/mol. The zero-order valence-electron chi connectivity index (χ0n) is 15.9. The minimum atomic E-state index is -0.774. The maximum absolute atomic E-state index is 13.0. The Hall–Kier alpha value is -3.41. The van der Waals surface area contributed by atoms with Crippen molar-refractivity contribution in [2.75, 3.05) is 0 Å². The predicted octanol–water partition coefficient (Wildman–Crippen LogP) is 3.70. The smallest absolute Gasteiger partial charge is 0.279 e. The lowest BCUT2D eigenvalue weighted by atomic mass is 10.1. The first-order valence-electron chi connectivity index (χ1n) is 9.52. The average molecular weight is 392 g/mol. The molecule has 3 atom stereocenters. The second-order valence-electron chi connectivity index (χ2n) is 7.25. The molecular weight excluding hydrogens is 371 g/mol. The topological polar surface area (TPSA) is 67.4 Å². The van der Waals surface area contributed by atoms with E-state index in [1.807, 2.05) is 42.5 Å². The van der Waals surface area contributed by atoms with Crippen LogP contribution in [-0.4, -0.2) is 17.9 Å². The molecule has 0 heterocycles. The number of carbonyl (C=O) groups is 2. The van der Waals surface area contributed by atoms with E-state index in [0.717, 1.165) is 16.3 Å². The summed E-state index contributed by atoms with van der Waals surface area (Å²) in [6.45, 7) is 1.62. The van der Waals surface area contributed by atoms with Crippen molar-refractivity contribution >= 4 is 22.6 Å². The molecule has 0 spiro atoms. The van der Waals surface area contributed by atoms with Gasteiger partial charge in [0, 0.05) is 5.92 Å². The number of carbonyl (C=O) groups excluding carboxylic acids is 2. The van der Waals surface area contributed by atoms with Crippen molar-refractivity contribution in [1.29, 1.82) is 0 Å². The highest BCUT2D eigenvalue weighted by atomic mass is 19.1. The Morgan fingerprint density at radius 1 is 1.00 bits per heavy atom. The van der Waals surface area contributed by atoms with Gasteiger partial charge in [-0.1, -0.05) is 42.5 Å². The van der Waals surface area contributed by atoms with Crippen LogP contribution < -0.4 is 15.6 Å². The average Bonchev–Trinajstić information content (AvgIpc) is 3.53. The van der Waals surface area contributed by atoms with Crippen LogP contribution in [0.1, 0.15) is 24.8 Å². The number of halogens is 1.